The largest absolute Gasteiger partial charge is 0.371 e. The molecule has 1 amide bonds. The molecule has 168 valence electrons. The van der Waals surface area contributed by atoms with Crippen LogP contribution in [0.5, 0.6) is 0 Å². The number of hydrogen-bond acceptors (Lipinski definition) is 4. The summed E-state index contributed by atoms with van der Waals surface area (Å²) >= 11 is 12.2. The van der Waals surface area contributed by atoms with Gasteiger partial charge >= 0.3 is 0 Å². The molecule has 2 N–H and O–H groups in total. The quantitative estimate of drug-likeness (QED) is 0.578. The van der Waals surface area contributed by atoms with Gasteiger partial charge in [-0.25, -0.2) is 0 Å². The third-order valence-electron chi connectivity index (χ3n) is 5.88. The maximum absolute atomic E-state index is 11.9. The summed E-state index contributed by atoms with van der Waals surface area (Å²) in [4.78, 5) is 14.3. The fraction of sp³-hybridized carbons (Fsp3) is 0.458. The lowest BCUT2D eigenvalue weighted by atomic mass is 9.80. The van der Waals surface area contributed by atoms with Crippen LogP contribution in [0.3, 0.4) is 0 Å². The molecule has 31 heavy (non-hydrogen) atoms. The van der Waals surface area contributed by atoms with E-state index >= 15 is 0 Å². The minimum atomic E-state index is -0.292. The number of likely N-dealkylation sites (N-methyl/N-ethyl adjacent to an activating group) is 1. The van der Waals surface area contributed by atoms with Crippen molar-refractivity contribution < 1.29 is 9.53 Å². The topological polar surface area (TPSA) is 53.6 Å². The van der Waals surface area contributed by atoms with Gasteiger partial charge in [0.05, 0.1) is 28.3 Å². The maximum atomic E-state index is 11.9. The zero-order valence-electron chi connectivity index (χ0n) is 18.2. The van der Waals surface area contributed by atoms with E-state index in [1.54, 1.807) is 13.0 Å². The molecule has 2 aromatic rings. The van der Waals surface area contributed by atoms with Crippen LogP contribution < -0.4 is 10.6 Å². The molecular formula is C24H31Cl2N3O2. The van der Waals surface area contributed by atoms with Gasteiger partial charge in [0, 0.05) is 33.1 Å². The molecule has 0 spiro atoms. The third-order valence-corrected chi connectivity index (χ3v) is 6.62. The first-order valence-corrected chi connectivity index (χ1v) is 11.5. The van der Waals surface area contributed by atoms with E-state index in [0.29, 0.717) is 23.2 Å². The molecule has 1 heterocycles. The Morgan fingerprint density at radius 1 is 1.13 bits per heavy atom. The maximum Gasteiger partial charge on any atom is 0.217 e. The van der Waals surface area contributed by atoms with Crippen molar-refractivity contribution in [2.45, 2.75) is 31.4 Å². The van der Waals surface area contributed by atoms with E-state index in [4.69, 9.17) is 27.9 Å². The lowest BCUT2D eigenvalue weighted by Crippen LogP contribution is -2.53. The summed E-state index contributed by atoms with van der Waals surface area (Å²) in [7, 11) is 1.91. The van der Waals surface area contributed by atoms with Gasteiger partial charge < -0.3 is 20.3 Å². The Kier molecular flexibility index (Phi) is 8.76. The second-order valence-corrected chi connectivity index (χ2v) is 8.88. The standard InChI is InChI=1S/C24H31Cl2N3O2/c1-18(30)28-24(20-6-4-3-5-7-20)10-12-29(13-11-24)14-15-31-23(17-27-2)19-8-9-21(25)22(26)16-19/h3-9,16,23,27H,10-15,17H2,1-2H3,(H,28,30). The molecule has 1 fully saturated rings. The molecule has 7 heteroatoms. The van der Waals surface area contributed by atoms with Crippen molar-refractivity contribution in [2.24, 2.45) is 0 Å². The zero-order chi connectivity index (χ0) is 22.3. The van der Waals surface area contributed by atoms with Crippen LogP contribution in [-0.4, -0.2) is 50.6 Å². The van der Waals surface area contributed by atoms with Gasteiger partial charge in [-0.3, -0.25) is 4.79 Å². The molecule has 1 aliphatic heterocycles. The number of piperidine rings is 1. The average molecular weight is 464 g/mol. The second-order valence-electron chi connectivity index (χ2n) is 8.06. The Bertz CT molecular complexity index is 855. The Labute approximate surface area is 195 Å². The van der Waals surface area contributed by atoms with Gasteiger partial charge in [0.1, 0.15) is 0 Å². The van der Waals surface area contributed by atoms with Gasteiger partial charge in [0.25, 0.3) is 0 Å². The Morgan fingerprint density at radius 2 is 1.84 bits per heavy atom. The van der Waals surface area contributed by atoms with Crippen LogP contribution >= 0.6 is 23.2 Å². The second kappa shape index (κ2) is 11.3. The highest BCUT2D eigenvalue weighted by Crippen LogP contribution is 2.33. The SMILES string of the molecule is CNCC(OCCN1CCC(NC(C)=O)(c2ccccc2)CC1)c1ccc(Cl)c(Cl)c1. The number of nitrogens with one attached hydrogen (secondary N) is 2. The highest BCUT2D eigenvalue weighted by atomic mass is 35.5. The van der Waals surface area contributed by atoms with E-state index in [2.05, 4.69) is 27.7 Å². The molecule has 1 saturated heterocycles. The van der Waals surface area contributed by atoms with Crippen molar-refractivity contribution in [2.75, 3.05) is 39.8 Å². The normalized spacial score (nSPS) is 17.3. The molecule has 0 saturated carbocycles. The van der Waals surface area contributed by atoms with Gasteiger partial charge in [-0.05, 0) is 43.1 Å². The van der Waals surface area contributed by atoms with Crippen molar-refractivity contribution in [3.05, 3.63) is 69.7 Å². The summed E-state index contributed by atoms with van der Waals surface area (Å²) in [6, 6.07) is 15.9. The van der Waals surface area contributed by atoms with E-state index in [0.717, 1.165) is 38.0 Å². The minimum Gasteiger partial charge on any atom is -0.371 e. The molecular weight excluding hydrogens is 433 g/mol. The fourth-order valence-corrected chi connectivity index (χ4v) is 4.54. The van der Waals surface area contributed by atoms with Crippen LogP contribution in [0.15, 0.2) is 48.5 Å². The number of ether oxygens (including phenoxy) is 1. The summed E-state index contributed by atoms with van der Waals surface area (Å²) in [6.07, 6.45) is 1.67. The number of hydrogen-bond donors (Lipinski definition) is 2. The number of amides is 1. The van der Waals surface area contributed by atoms with Crippen molar-refractivity contribution in [3.63, 3.8) is 0 Å². The summed E-state index contributed by atoms with van der Waals surface area (Å²) in [5.41, 5.74) is 1.89. The summed E-state index contributed by atoms with van der Waals surface area (Å²) in [5, 5.41) is 7.49. The molecule has 2 aromatic carbocycles. The van der Waals surface area contributed by atoms with E-state index in [9.17, 15) is 4.79 Å². The molecule has 3 rings (SSSR count). The fourth-order valence-electron chi connectivity index (χ4n) is 4.23. The first kappa shape index (κ1) is 24.0. The van der Waals surface area contributed by atoms with Crippen molar-refractivity contribution in [1.82, 2.24) is 15.5 Å². The van der Waals surface area contributed by atoms with Gasteiger partial charge in [-0.1, -0.05) is 59.6 Å². The first-order valence-electron chi connectivity index (χ1n) is 10.7. The van der Waals surface area contributed by atoms with Crippen LogP contribution in [0.1, 0.15) is 37.0 Å². The molecule has 5 nitrogen and oxygen atoms in total. The van der Waals surface area contributed by atoms with Gasteiger partial charge in [-0.2, -0.15) is 0 Å². The Hall–Kier alpha value is -1.63. The molecule has 0 aliphatic carbocycles. The smallest absolute Gasteiger partial charge is 0.217 e. The Balaban J connectivity index is 1.56. The van der Waals surface area contributed by atoms with Gasteiger partial charge in [0.2, 0.25) is 5.91 Å². The number of carbonyl (C=O) groups is 1. The van der Waals surface area contributed by atoms with E-state index in [1.807, 2.05) is 37.4 Å². The number of rotatable bonds is 9. The van der Waals surface area contributed by atoms with Crippen molar-refractivity contribution in [1.29, 1.82) is 0 Å². The molecule has 0 radical (unpaired) electrons. The van der Waals surface area contributed by atoms with Crippen LogP contribution in [0, 0.1) is 0 Å². The van der Waals surface area contributed by atoms with Crippen LogP contribution in [0.2, 0.25) is 10.0 Å². The van der Waals surface area contributed by atoms with Crippen LogP contribution in [0.25, 0.3) is 0 Å². The zero-order valence-corrected chi connectivity index (χ0v) is 19.7. The monoisotopic (exact) mass is 463 g/mol. The van der Waals surface area contributed by atoms with E-state index in [-0.39, 0.29) is 17.6 Å². The number of benzene rings is 2. The molecule has 0 aromatic heterocycles. The average Bonchev–Trinajstić information content (AvgIpc) is 2.76. The number of nitrogens with zero attached hydrogens (tertiary/aromatic N) is 1. The Morgan fingerprint density at radius 3 is 2.45 bits per heavy atom. The molecule has 1 atom stereocenters. The van der Waals surface area contributed by atoms with Gasteiger partial charge in [0.15, 0.2) is 0 Å². The summed E-state index contributed by atoms with van der Waals surface area (Å²) in [5.74, 6) is 0.0113. The first-order chi connectivity index (χ1) is 14.9. The van der Waals surface area contributed by atoms with Crippen LogP contribution in [0.4, 0.5) is 0 Å². The summed E-state index contributed by atoms with van der Waals surface area (Å²) in [6.45, 7) is 5.55. The predicted octanol–water partition coefficient (Wildman–Crippen LogP) is 4.40. The van der Waals surface area contributed by atoms with Crippen molar-refractivity contribution >= 4 is 29.1 Å². The van der Waals surface area contributed by atoms with E-state index < -0.39 is 0 Å². The van der Waals surface area contributed by atoms with E-state index in [1.165, 1.54) is 5.56 Å². The predicted molar refractivity (Wildman–Crippen MR) is 127 cm³/mol. The third kappa shape index (κ3) is 6.43. The number of likely N-dealkylation sites (tertiary alicyclic amines) is 1. The minimum absolute atomic E-state index is 0.0113. The molecule has 1 aliphatic rings. The van der Waals surface area contributed by atoms with Crippen molar-refractivity contribution in [3.8, 4) is 0 Å². The lowest BCUT2D eigenvalue weighted by Gasteiger charge is -2.42. The highest BCUT2D eigenvalue weighted by Gasteiger charge is 2.36. The van der Waals surface area contributed by atoms with Crippen LogP contribution in [-0.2, 0) is 15.1 Å². The number of halogens is 2. The summed E-state index contributed by atoms with van der Waals surface area (Å²) < 4.78 is 6.19. The lowest BCUT2D eigenvalue weighted by molar-refractivity contribution is -0.121. The molecule has 0 bridgehead atoms. The number of carbonyl (C=O) groups excluding carboxylic acids is 1. The highest BCUT2D eigenvalue weighted by molar-refractivity contribution is 6.42. The molecule has 1 unspecified atom stereocenters. The van der Waals surface area contributed by atoms with Gasteiger partial charge in [-0.15, -0.1) is 0 Å².